The van der Waals surface area contributed by atoms with Crippen molar-refractivity contribution in [3.63, 3.8) is 0 Å². The van der Waals surface area contributed by atoms with Gasteiger partial charge >= 0.3 is 0 Å². The number of anilines is 2. The first kappa shape index (κ1) is 14.7. The molecule has 2 aromatic heterocycles. The van der Waals surface area contributed by atoms with Gasteiger partial charge in [0, 0.05) is 12.0 Å². The molecule has 116 valence electrons. The van der Waals surface area contributed by atoms with Gasteiger partial charge in [-0.2, -0.15) is 9.97 Å². The molecule has 0 spiro atoms. The molecule has 0 radical (unpaired) electrons. The minimum Gasteiger partial charge on any atom is -0.491 e. The summed E-state index contributed by atoms with van der Waals surface area (Å²) in [7, 11) is 0. The Hall–Kier alpha value is -3.21. The van der Waals surface area contributed by atoms with E-state index in [0.717, 1.165) is 12.8 Å². The smallest absolute Gasteiger partial charge is 0.257 e. The highest BCUT2D eigenvalue weighted by molar-refractivity contribution is 5.71. The van der Waals surface area contributed by atoms with Crippen LogP contribution >= 0.6 is 0 Å². The van der Waals surface area contributed by atoms with E-state index in [1.807, 2.05) is 6.92 Å². The Morgan fingerprint density at radius 3 is 2.78 bits per heavy atom. The second-order valence-electron chi connectivity index (χ2n) is 4.68. The minimum atomic E-state index is -0.520. The van der Waals surface area contributed by atoms with E-state index in [0.29, 0.717) is 5.56 Å². The number of nitrogens with one attached hydrogen (secondary N) is 1. The van der Waals surface area contributed by atoms with Crippen molar-refractivity contribution >= 4 is 22.8 Å². The second kappa shape index (κ2) is 6.27. The standard InChI is InChI=1S/C15H12FN5O2/c1-2-3-4-5-9-6-7-11(10(16)8-9)17-14-15(22)19-13-12(18-14)20-23-21-13/h6-8H,2-3H2,1H3,(H,17,18,20)(H,19,21,22). The van der Waals surface area contributed by atoms with Gasteiger partial charge in [-0.3, -0.25) is 0 Å². The van der Waals surface area contributed by atoms with Crippen molar-refractivity contribution in [2.75, 3.05) is 5.32 Å². The highest BCUT2D eigenvalue weighted by Crippen LogP contribution is 2.26. The zero-order chi connectivity index (χ0) is 16.2. The molecule has 0 saturated carbocycles. The van der Waals surface area contributed by atoms with Crippen LogP contribution in [0.1, 0.15) is 25.3 Å². The van der Waals surface area contributed by atoms with E-state index in [1.165, 1.54) is 12.1 Å². The van der Waals surface area contributed by atoms with Crippen LogP contribution in [0.2, 0.25) is 0 Å². The molecule has 0 aliphatic heterocycles. The number of aromatic nitrogens is 4. The number of hydrogen-bond donors (Lipinski definition) is 2. The van der Waals surface area contributed by atoms with E-state index in [1.54, 1.807) is 6.07 Å². The van der Waals surface area contributed by atoms with E-state index >= 15 is 0 Å². The number of aromatic hydroxyl groups is 1. The lowest BCUT2D eigenvalue weighted by Crippen LogP contribution is -1.99. The summed E-state index contributed by atoms with van der Waals surface area (Å²) in [6.45, 7) is 2.02. The average molecular weight is 313 g/mol. The summed E-state index contributed by atoms with van der Waals surface area (Å²) >= 11 is 0. The predicted molar refractivity (Wildman–Crippen MR) is 80.5 cm³/mol. The Labute approximate surface area is 130 Å². The first-order chi connectivity index (χ1) is 11.2. The molecule has 23 heavy (non-hydrogen) atoms. The van der Waals surface area contributed by atoms with Gasteiger partial charge in [0.1, 0.15) is 5.82 Å². The van der Waals surface area contributed by atoms with Crippen molar-refractivity contribution in [1.29, 1.82) is 0 Å². The maximum atomic E-state index is 14.1. The van der Waals surface area contributed by atoms with Crippen LogP contribution in [0.25, 0.3) is 11.3 Å². The molecule has 0 saturated heterocycles. The third kappa shape index (κ3) is 3.18. The van der Waals surface area contributed by atoms with Gasteiger partial charge in [0.2, 0.25) is 11.3 Å². The fourth-order valence-corrected chi connectivity index (χ4v) is 1.82. The summed E-state index contributed by atoms with van der Waals surface area (Å²) in [6, 6.07) is 4.50. The molecule has 0 fully saturated rings. The van der Waals surface area contributed by atoms with Crippen LogP contribution in [0, 0.1) is 17.7 Å². The third-order valence-electron chi connectivity index (χ3n) is 2.93. The van der Waals surface area contributed by atoms with E-state index in [-0.39, 0.29) is 22.8 Å². The topological polar surface area (TPSA) is 97.0 Å². The fraction of sp³-hybridized carbons (Fsp3) is 0.200. The number of halogens is 1. The molecule has 0 atom stereocenters. The molecular weight excluding hydrogens is 301 g/mol. The molecule has 0 aliphatic carbocycles. The van der Waals surface area contributed by atoms with Crippen molar-refractivity contribution in [2.24, 2.45) is 0 Å². The molecule has 8 heteroatoms. The number of hydrogen-bond acceptors (Lipinski definition) is 7. The molecule has 2 N–H and O–H groups in total. The zero-order valence-electron chi connectivity index (χ0n) is 12.2. The number of rotatable bonds is 3. The van der Waals surface area contributed by atoms with Gasteiger partial charge in [0.25, 0.3) is 5.88 Å². The molecule has 0 amide bonds. The zero-order valence-corrected chi connectivity index (χ0v) is 12.2. The lowest BCUT2D eigenvalue weighted by Gasteiger charge is -2.07. The maximum Gasteiger partial charge on any atom is 0.257 e. The van der Waals surface area contributed by atoms with Crippen LogP contribution in [-0.4, -0.2) is 25.4 Å². The lowest BCUT2D eigenvalue weighted by atomic mass is 10.2. The van der Waals surface area contributed by atoms with E-state index in [4.69, 9.17) is 0 Å². The largest absolute Gasteiger partial charge is 0.491 e. The summed E-state index contributed by atoms with van der Waals surface area (Å²) in [5.41, 5.74) is 0.877. The highest BCUT2D eigenvalue weighted by atomic mass is 19.1. The van der Waals surface area contributed by atoms with Gasteiger partial charge < -0.3 is 10.4 Å². The maximum absolute atomic E-state index is 14.1. The normalized spacial score (nSPS) is 10.3. The van der Waals surface area contributed by atoms with E-state index in [2.05, 4.69) is 42.1 Å². The molecule has 1 aromatic carbocycles. The van der Waals surface area contributed by atoms with Crippen molar-refractivity contribution in [3.8, 4) is 17.7 Å². The quantitative estimate of drug-likeness (QED) is 0.717. The van der Waals surface area contributed by atoms with Crippen molar-refractivity contribution in [1.82, 2.24) is 20.3 Å². The van der Waals surface area contributed by atoms with E-state index in [9.17, 15) is 9.50 Å². The molecular formula is C15H12FN5O2. The Balaban J connectivity index is 1.87. The summed E-state index contributed by atoms with van der Waals surface area (Å²) in [5, 5.41) is 19.4. The molecule has 3 rings (SSSR count). The fourth-order valence-electron chi connectivity index (χ4n) is 1.82. The van der Waals surface area contributed by atoms with Gasteiger partial charge in [-0.15, -0.1) is 0 Å². The lowest BCUT2D eigenvalue weighted by molar-refractivity contribution is 0.314. The molecule has 2 heterocycles. The Kier molecular flexibility index (Phi) is 4.01. The third-order valence-corrected chi connectivity index (χ3v) is 2.93. The molecule has 0 aliphatic rings. The number of fused-ring (bicyclic) bond motifs is 1. The Morgan fingerprint density at radius 1 is 1.26 bits per heavy atom. The van der Waals surface area contributed by atoms with Crippen LogP contribution < -0.4 is 5.32 Å². The number of benzene rings is 1. The Bertz CT molecular complexity index is 913. The Morgan fingerprint density at radius 2 is 2.04 bits per heavy atom. The van der Waals surface area contributed by atoms with Crippen LogP contribution in [0.15, 0.2) is 22.8 Å². The predicted octanol–water partition coefficient (Wildman–Crippen LogP) is 2.75. The molecule has 0 bridgehead atoms. The van der Waals surface area contributed by atoms with Gasteiger partial charge in [-0.1, -0.05) is 18.8 Å². The first-order valence-corrected chi connectivity index (χ1v) is 6.92. The van der Waals surface area contributed by atoms with Crippen molar-refractivity contribution in [2.45, 2.75) is 19.8 Å². The summed E-state index contributed by atoms with van der Waals surface area (Å²) < 4.78 is 18.6. The highest BCUT2D eigenvalue weighted by Gasteiger charge is 2.13. The van der Waals surface area contributed by atoms with Gasteiger partial charge in [0.15, 0.2) is 5.82 Å². The van der Waals surface area contributed by atoms with Crippen LogP contribution in [0.4, 0.5) is 15.9 Å². The molecule has 7 nitrogen and oxygen atoms in total. The minimum absolute atomic E-state index is 0.0445. The SMILES string of the molecule is CCCC#Cc1ccc(Nc2nc3nonc3nc2O)c(F)c1. The van der Waals surface area contributed by atoms with Gasteiger partial charge in [0.05, 0.1) is 5.69 Å². The van der Waals surface area contributed by atoms with Gasteiger partial charge in [-0.05, 0) is 34.9 Å². The van der Waals surface area contributed by atoms with Crippen LogP contribution in [-0.2, 0) is 0 Å². The van der Waals surface area contributed by atoms with Gasteiger partial charge in [-0.25, -0.2) is 9.02 Å². The monoisotopic (exact) mass is 313 g/mol. The van der Waals surface area contributed by atoms with Crippen LogP contribution in [0.5, 0.6) is 5.88 Å². The number of unbranched alkanes of at least 4 members (excludes halogenated alkanes) is 1. The molecule has 3 aromatic rings. The average Bonchev–Trinajstić information content (AvgIpc) is 2.97. The summed E-state index contributed by atoms with van der Waals surface area (Å²) in [5.74, 6) is 4.84. The molecule has 0 unspecified atom stereocenters. The van der Waals surface area contributed by atoms with E-state index < -0.39 is 11.7 Å². The number of nitrogens with zero attached hydrogens (tertiary/aromatic N) is 4. The second-order valence-corrected chi connectivity index (χ2v) is 4.68. The summed E-state index contributed by atoms with van der Waals surface area (Å²) in [4.78, 5) is 7.72. The van der Waals surface area contributed by atoms with Crippen molar-refractivity contribution in [3.05, 3.63) is 29.6 Å². The first-order valence-electron chi connectivity index (χ1n) is 6.92. The van der Waals surface area contributed by atoms with Crippen LogP contribution in [0.3, 0.4) is 0 Å². The summed E-state index contributed by atoms with van der Waals surface area (Å²) in [6.07, 6.45) is 1.71. The van der Waals surface area contributed by atoms with Crippen molar-refractivity contribution < 1.29 is 14.1 Å².